The van der Waals surface area contributed by atoms with E-state index in [9.17, 15) is 0 Å². The Bertz CT molecular complexity index is 107. The standard InChI is InChI=1S/C5H10N2O/c1-2-3-4-5(6)7-8/h2-3,8H,4H2,1H3,(H2,6,7)/b3-2-. The van der Waals surface area contributed by atoms with Crippen LogP contribution in [0.3, 0.4) is 0 Å². The molecule has 0 unspecified atom stereocenters. The third-order valence-electron chi connectivity index (χ3n) is 0.691. The van der Waals surface area contributed by atoms with Crippen LogP contribution in [-0.2, 0) is 0 Å². The molecule has 0 amide bonds. The SMILES string of the molecule is C/C=C\C/C(N)=N/O. The molecule has 0 aliphatic carbocycles. The molecule has 0 aromatic rings. The van der Waals surface area contributed by atoms with E-state index in [0.717, 1.165) is 0 Å². The van der Waals surface area contributed by atoms with Crippen molar-refractivity contribution in [2.24, 2.45) is 10.9 Å². The van der Waals surface area contributed by atoms with Gasteiger partial charge in [-0.2, -0.15) is 0 Å². The van der Waals surface area contributed by atoms with E-state index >= 15 is 0 Å². The fraction of sp³-hybridized carbons (Fsp3) is 0.400. The van der Waals surface area contributed by atoms with Gasteiger partial charge in [-0.3, -0.25) is 0 Å². The maximum absolute atomic E-state index is 7.99. The lowest BCUT2D eigenvalue weighted by molar-refractivity contribution is 0.317. The third kappa shape index (κ3) is 3.21. The van der Waals surface area contributed by atoms with Crippen LogP contribution in [0.2, 0.25) is 0 Å². The molecular weight excluding hydrogens is 104 g/mol. The summed E-state index contributed by atoms with van der Waals surface area (Å²) in [6.07, 6.45) is 4.18. The van der Waals surface area contributed by atoms with E-state index in [2.05, 4.69) is 5.16 Å². The van der Waals surface area contributed by atoms with Crippen LogP contribution in [0.25, 0.3) is 0 Å². The molecule has 0 bridgehead atoms. The molecular formula is C5H10N2O. The monoisotopic (exact) mass is 114 g/mol. The van der Waals surface area contributed by atoms with Crippen molar-refractivity contribution in [2.75, 3.05) is 0 Å². The Hall–Kier alpha value is -0.990. The number of allylic oxidation sites excluding steroid dienone is 1. The summed E-state index contributed by atoms with van der Waals surface area (Å²) >= 11 is 0. The molecule has 0 rings (SSSR count). The average Bonchev–Trinajstić information content (AvgIpc) is 1.83. The number of hydrogen-bond acceptors (Lipinski definition) is 2. The maximum atomic E-state index is 7.99. The minimum atomic E-state index is 0.239. The topological polar surface area (TPSA) is 58.6 Å². The Morgan fingerprint density at radius 1 is 1.88 bits per heavy atom. The Labute approximate surface area is 48.5 Å². The molecule has 0 saturated carbocycles. The lowest BCUT2D eigenvalue weighted by atomic mass is 10.4. The number of nitrogens with zero attached hydrogens (tertiary/aromatic N) is 1. The summed E-state index contributed by atoms with van der Waals surface area (Å²) in [6, 6.07) is 0. The molecule has 3 heteroatoms. The van der Waals surface area contributed by atoms with Gasteiger partial charge in [0.05, 0.1) is 0 Å². The van der Waals surface area contributed by atoms with Crippen molar-refractivity contribution in [2.45, 2.75) is 13.3 Å². The number of rotatable bonds is 2. The quantitative estimate of drug-likeness (QED) is 0.182. The zero-order chi connectivity index (χ0) is 6.41. The predicted octanol–water partition coefficient (Wildman–Crippen LogP) is 0.699. The van der Waals surface area contributed by atoms with Gasteiger partial charge >= 0.3 is 0 Å². The highest BCUT2D eigenvalue weighted by Crippen LogP contribution is 1.80. The molecule has 0 saturated heterocycles. The molecule has 0 spiro atoms. The lowest BCUT2D eigenvalue weighted by Gasteiger charge is -1.86. The van der Waals surface area contributed by atoms with Gasteiger partial charge in [-0.05, 0) is 6.92 Å². The molecule has 0 fully saturated rings. The van der Waals surface area contributed by atoms with Crippen molar-refractivity contribution in [1.82, 2.24) is 0 Å². The van der Waals surface area contributed by atoms with Crippen LogP contribution in [0, 0.1) is 0 Å². The van der Waals surface area contributed by atoms with Crippen LogP contribution in [0.15, 0.2) is 17.3 Å². The highest BCUT2D eigenvalue weighted by Gasteiger charge is 1.82. The van der Waals surface area contributed by atoms with Gasteiger partial charge in [0.1, 0.15) is 5.84 Å². The van der Waals surface area contributed by atoms with Gasteiger partial charge in [-0.15, -0.1) is 0 Å². The van der Waals surface area contributed by atoms with E-state index in [1.165, 1.54) is 0 Å². The second-order valence-corrected chi connectivity index (χ2v) is 1.36. The van der Waals surface area contributed by atoms with Crippen LogP contribution in [0.4, 0.5) is 0 Å². The normalized spacial score (nSPS) is 12.9. The van der Waals surface area contributed by atoms with Crippen molar-refractivity contribution >= 4 is 5.84 Å². The highest BCUT2D eigenvalue weighted by molar-refractivity contribution is 5.80. The van der Waals surface area contributed by atoms with E-state index < -0.39 is 0 Å². The smallest absolute Gasteiger partial charge is 0.142 e. The van der Waals surface area contributed by atoms with Crippen molar-refractivity contribution < 1.29 is 5.21 Å². The first-order valence-corrected chi connectivity index (χ1v) is 2.38. The van der Waals surface area contributed by atoms with Gasteiger partial charge in [-0.1, -0.05) is 17.3 Å². The zero-order valence-corrected chi connectivity index (χ0v) is 4.83. The Morgan fingerprint density at radius 3 is 2.88 bits per heavy atom. The molecule has 0 atom stereocenters. The Morgan fingerprint density at radius 2 is 2.50 bits per heavy atom. The van der Waals surface area contributed by atoms with Crippen LogP contribution < -0.4 is 5.73 Å². The van der Waals surface area contributed by atoms with Crippen LogP contribution in [-0.4, -0.2) is 11.0 Å². The molecule has 0 aliphatic heterocycles. The first-order chi connectivity index (χ1) is 3.81. The van der Waals surface area contributed by atoms with E-state index in [4.69, 9.17) is 10.9 Å². The number of hydrogen-bond donors (Lipinski definition) is 2. The van der Waals surface area contributed by atoms with Crippen molar-refractivity contribution in [3.8, 4) is 0 Å². The van der Waals surface area contributed by atoms with E-state index in [0.29, 0.717) is 6.42 Å². The summed E-state index contributed by atoms with van der Waals surface area (Å²) in [5.41, 5.74) is 5.11. The predicted molar refractivity (Wildman–Crippen MR) is 32.8 cm³/mol. The number of oxime groups is 1. The molecule has 0 aromatic carbocycles. The summed E-state index contributed by atoms with van der Waals surface area (Å²) in [5.74, 6) is 0.239. The van der Waals surface area contributed by atoms with Gasteiger partial charge in [0.15, 0.2) is 0 Å². The summed E-state index contributed by atoms with van der Waals surface area (Å²) in [4.78, 5) is 0. The van der Waals surface area contributed by atoms with Crippen LogP contribution in [0.5, 0.6) is 0 Å². The minimum Gasteiger partial charge on any atom is -0.409 e. The van der Waals surface area contributed by atoms with Crippen LogP contribution in [0.1, 0.15) is 13.3 Å². The largest absolute Gasteiger partial charge is 0.409 e. The Kier molecular flexibility index (Phi) is 3.66. The lowest BCUT2D eigenvalue weighted by Crippen LogP contribution is -2.09. The van der Waals surface area contributed by atoms with Gasteiger partial charge < -0.3 is 10.9 Å². The molecule has 3 nitrogen and oxygen atoms in total. The second-order valence-electron chi connectivity index (χ2n) is 1.36. The molecule has 0 aromatic heterocycles. The fourth-order valence-electron chi connectivity index (χ4n) is 0.279. The van der Waals surface area contributed by atoms with Crippen molar-refractivity contribution in [1.29, 1.82) is 0 Å². The fourth-order valence-corrected chi connectivity index (χ4v) is 0.279. The summed E-state index contributed by atoms with van der Waals surface area (Å²) in [6.45, 7) is 1.88. The molecule has 0 heterocycles. The first-order valence-electron chi connectivity index (χ1n) is 2.38. The molecule has 3 N–H and O–H groups in total. The van der Waals surface area contributed by atoms with Crippen molar-refractivity contribution in [3.63, 3.8) is 0 Å². The molecule has 46 valence electrons. The van der Waals surface area contributed by atoms with E-state index in [1.54, 1.807) is 0 Å². The minimum absolute atomic E-state index is 0.239. The zero-order valence-electron chi connectivity index (χ0n) is 4.83. The van der Waals surface area contributed by atoms with Crippen molar-refractivity contribution in [3.05, 3.63) is 12.2 Å². The summed E-state index contributed by atoms with van der Waals surface area (Å²) < 4.78 is 0. The molecule has 0 aliphatic rings. The van der Waals surface area contributed by atoms with E-state index in [-0.39, 0.29) is 5.84 Å². The highest BCUT2D eigenvalue weighted by atomic mass is 16.4. The molecule has 8 heavy (non-hydrogen) atoms. The summed E-state index contributed by atoms with van der Waals surface area (Å²) in [5, 5.41) is 10.8. The summed E-state index contributed by atoms with van der Waals surface area (Å²) in [7, 11) is 0. The molecule has 0 radical (unpaired) electrons. The average molecular weight is 114 g/mol. The first kappa shape index (κ1) is 7.01. The number of nitrogens with two attached hydrogens (primary N) is 1. The van der Waals surface area contributed by atoms with Crippen LogP contribution >= 0.6 is 0 Å². The third-order valence-corrected chi connectivity index (χ3v) is 0.691. The van der Waals surface area contributed by atoms with E-state index in [1.807, 2.05) is 19.1 Å². The van der Waals surface area contributed by atoms with Gasteiger partial charge in [-0.25, -0.2) is 0 Å². The second kappa shape index (κ2) is 4.18. The van der Waals surface area contributed by atoms with Gasteiger partial charge in [0.2, 0.25) is 0 Å². The maximum Gasteiger partial charge on any atom is 0.142 e. The number of amidine groups is 1. The van der Waals surface area contributed by atoms with Gasteiger partial charge in [0.25, 0.3) is 0 Å². The Balaban J connectivity index is 3.40. The van der Waals surface area contributed by atoms with Gasteiger partial charge in [0, 0.05) is 6.42 Å².